The van der Waals surface area contributed by atoms with Crippen molar-refractivity contribution in [2.75, 3.05) is 13.1 Å². The smallest absolute Gasteiger partial charge is 0.408 e. The Kier molecular flexibility index (Phi) is 12.4. The number of primary amides is 1. The molecule has 0 saturated heterocycles. The molecule has 0 radical (unpaired) electrons. The van der Waals surface area contributed by atoms with Gasteiger partial charge in [-0.05, 0) is 64.2 Å². The van der Waals surface area contributed by atoms with E-state index in [1.54, 1.807) is 20.8 Å². The number of hydrogen-bond donors (Lipinski definition) is 3. The molecule has 0 saturated carbocycles. The van der Waals surface area contributed by atoms with E-state index < -0.39 is 42.0 Å². The fourth-order valence-corrected chi connectivity index (χ4v) is 3.75. The highest BCUT2D eigenvalue weighted by atomic mass is 16.6. The number of ether oxygens (including phenoxy) is 1. The van der Waals surface area contributed by atoms with Crippen molar-refractivity contribution in [3.05, 3.63) is 34.9 Å². The van der Waals surface area contributed by atoms with Crippen molar-refractivity contribution in [2.24, 2.45) is 5.73 Å². The van der Waals surface area contributed by atoms with Crippen molar-refractivity contribution >= 4 is 23.8 Å². The molecule has 1 rings (SSSR count). The van der Waals surface area contributed by atoms with E-state index in [4.69, 9.17) is 10.5 Å². The van der Waals surface area contributed by atoms with Gasteiger partial charge >= 0.3 is 6.09 Å². The molecule has 9 nitrogen and oxygen atoms in total. The second-order valence-corrected chi connectivity index (χ2v) is 10.1. The van der Waals surface area contributed by atoms with E-state index in [1.165, 1.54) is 4.90 Å². The van der Waals surface area contributed by atoms with Crippen LogP contribution in [0.4, 0.5) is 4.79 Å². The molecule has 0 fully saturated rings. The fraction of sp³-hybridized carbons (Fsp3) is 0.630. The van der Waals surface area contributed by atoms with Gasteiger partial charge in [0.15, 0.2) is 0 Å². The highest BCUT2D eigenvalue weighted by Crippen LogP contribution is 2.25. The van der Waals surface area contributed by atoms with Gasteiger partial charge in [0.25, 0.3) is 0 Å². The molecule has 2 atom stereocenters. The second-order valence-electron chi connectivity index (χ2n) is 10.1. The number of benzene rings is 1. The van der Waals surface area contributed by atoms with Gasteiger partial charge in [-0.15, -0.1) is 0 Å². The summed E-state index contributed by atoms with van der Waals surface area (Å²) < 4.78 is 5.29. The highest BCUT2D eigenvalue weighted by molar-refractivity contribution is 5.94. The van der Waals surface area contributed by atoms with Crippen molar-refractivity contribution in [3.8, 4) is 0 Å². The molecule has 4 amide bonds. The standard InChI is InChI=1S/C27H44N4O5/c1-8-10-11-14-29-24(33)23(20-13-12-18(3)19(4)16-20)31(15-9-2)25(34)21(17-22(28)32)30-26(35)36-27(5,6)7/h12-13,16,21,23H,8-11,14-15,17H2,1-7H3,(H2,28,32)(H,29,33)(H,30,35). The normalized spacial score (nSPS) is 12.9. The van der Waals surface area contributed by atoms with E-state index in [0.717, 1.165) is 30.4 Å². The van der Waals surface area contributed by atoms with E-state index in [1.807, 2.05) is 39.0 Å². The van der Waals surface area contributed by atoms with Gasteiger partial charge in [-0.1, -0.05) is 44.9 Å². The van der Waals surface area contributed by atoms with Gasteiger partial charge in [-0.2, -0.15) is 0 Å². The van der Waals surface area contributed by atoms with Crippen LogP contribution in [0, 0.1) is 13.8 Å². The summed E-state index contributed by atoms with van der Waals surface area (Å²) in [7, 11) is 0. The second kappa shape index (κ2) is 14.5. The average molecular weight is 505 g/mol. The number of rotatable bonds is 13. The Morgan fingerprint density at radius 1 is 1.03 bits per heavy atom. The highest BCUT2D eigenvalue weighted by Gasteiger charge is 2.36. The van der Waals surface area contributed by atoms with Crippen LogP contribution in [0.1, 0.15) is 89.5 Å². The van der Waals surface area contributed by atoms with Crippen molar-refractivity contribution in [1.82, 2.24) is 15.5 Å². The Balaban J connectivity index is 3.41. The number of nitrogens with zero attached hydrogens (tertiary/aromatic N) is 1. The zero-order valence-corrected chi connectivity index (χ0v) is 22.9. The Morgan fingerprint density at radius 2 is 1.69 bits per heavy atom. The van der Waals surface area contributed by atoms with Crippen LogP contribution in [0.3, 0.4) is 0 Å². The van der Waals surface area contributed by atoms with Gasteiger partial charge in [0, 0.05) is 13.1 Å². The minimum Gasteiger partial charge on any atom is -0.444 e. The fourth-order valence-electron chi connectivity index (χ4n) is 3.75. The molecule has 0 aliphatic carbocycles. The molecule has 9 heteroatoms. The van der Waals surface area contributed by atoms with Gasteiger partial charge < -0.3 is 26.0 Å². The topological polar surface area (TPSA) is 131 Å². The molecule has 36 heavy (non-hydrogen) atoms. The monoisotopic (exact) mass is 504 g/mol. The van der Waals surface area contributed by atoms with E-state index in [0.29, 0.717) is 18.5 Å². The first-order chi connectivity index (χ1) is 16.8. The SMILES string of the molecule is CCCCCNC(=O)C(c1ccc(C)c(C)c1)N(CCC)C(=O)C(CC(N)=O)NC(=O)OC(C)(C)C. The summed E-state index contributed by atoms with van der Waals surface area (Å²) in [6, 6.07) is 3.43. The lowest BCUT2D eigenvalue weighted by molar-refractivity contribution is -0.143. The minimum absolute atomic E-state index is 0.240. The lowest BCUT2D eigenvalue weighted by atomic mass is 9.98. The Morgan fingerprint density at radius 3 is 2.22 bits per heavy atom. The van der Waals surface area contributed by atoms with Crippen LogP contribution in [0.25, 0.3) is 0 Å². The van der Waals surface area contributed by atoms with Crippen LogP contribution in [-0.2, 0) is 19.1 Å². The van der Waals surface area contributed by atoms with E-state index in [-0.39, 0.29) is 12.5 Å². The van der Waals surface area contributed by atoms with Crippen molar-refractivity contribution < 1.29 is 23.9 Å². The largest absolute Gasteiger partial charge is 0.444 e. The quantitative estimate of drug-likeness (QED) is 0.353. The van der Waals surface area contributed by atoms with Gasteiger partial charge in [-0.3, -0.25) is 14.4 Å². The van der Waals surface area contributed by atoms with Crippen molar-refractivity contribution in [3.63, 3.8) is 0 Å². The maximum atomic E-state index is 13.8. The van der Waals surface area contributed by atoms with Gasteiger partial charge in [0.05, 0.1) is 6.42 Å². The number of nitrogens with one attached hydrogen (secondary N) is 2. The molecule has 0 spiro atoms. The first-order valence-corrected chi connectivity index (χ1v) is 12.7. The Labute approximate surface area is 215 Å². The van der Waals surface area contributed by atoms with Crippen LogP contribution in [0.2, 0.25) is 0 Å². The van der Waals surface area contributed by atoms with Crippen LogP contribution in [-0.4, -0.2) is 53.4 Å². The maximum Gasteiger partial charge on any atom is 0.408 e. The summed E-state index contributed by atoms with van der Waals surface area (Å²) in [5.74, 6) is -1.65. The average Bonchev–Trinajstić information content (AvgIpc) is 2.76. The van der Waals surface area contributed by atoms with E-state index in [9.17, 15) is 19.2 Å². The number of amides is 4. The summed E-state index contributed by atoms with van der Waals surface area (Å²) in [6.07, 6.45) is 2.12. The molecule has 0 heterocycles. The molecule has 2 unspecified atom stereocenters. The molecule has 202 valence electrons. The number of carbonyl (C=O) groups is 4. The predicted molar refractivity (Wildman–Crippen MR) is 140 cm³/mol. The first kappa shape index (κ1) is 30.9. The number of alkyl carbamates (subject to hydrolysis) is 1. The molecule has 0 aliphatic rings. The number of unbranched alkanes of at least 4 members (excludes halogenated alkanes) is 2. The third-order valence-corrected chi connectivity index (χ3v) is 5.63. The predicted octanol–water partition coefficient (Wildman–Crippen LogP) is 3.66. The number of hydrogen-bond acceptors (Lipinski definition) is 5. The molecular formula is C27H44N4O5. The van der Waals surface area contributed by atoms with E-state index >= 15 is 0 Å². The lowest BCUT2D eigenvalue weighted by Crippen LogP contribution is -2.54. The molecule has 4 N–H and O–H groups in total. The molecular weight excluding hydrogens is 460 g/mol. The molecule has 1 aromatic carbocycles. The van der Waals surface area contributed by atoms with Crippen LogP contribution >= 0.6 is 0 Å². The summed E-state index contributed by atoms with van der Waals surface area (Å²) in [4.78, 5) is 52.9. The van der Waals surface area contributed by atoms with E-state index in [2.05, 4.69) is 17.6 Å². The zero-order valence-electron chi connectivity index (χ0n) is 22.9. The summed E-state index contributed by atoms with van der Waals surface area (Å²) in [5, 5.41) is 5.44. The van der Waals surface area contributed by atoms with Crippen molar-refractivity contribution in [2.45, 2.75) is 98.3 Å². The molecule has 0 aliphatic heterocycles. The molecule has 0 aromatic heterocycles. The van der Waals surface area contributed by atoms with Gasteiger partial charge in [0.1, 0.15) is 17.7 Å². The lowest BCUT2D eigenvalue weighted by Gasteiger charge is -2.34. The summed E-state index contributed by atoms with van der Waals surface area (Å²) in [6.45, 7) is 13.7. The van der Waals surface area contributed by atoms with Gasteiger partial charge in [-0.25, -0.2) is 4.79 Å². The van der Waals surface area contributed by atoms with Gasteiger partial charge in [0.2, 0.25) is 17.7 Å². The zero-order chi connectivity index (χ0) is 27.5. The van der Waals surface area contributed by atoms with Crippen LogP contribution < -0.4 is 16.4 Å². The third-order valence-electron chi connectivity index (χ3n) is 5.63. The summed E-state index contributed by atoms with van der Waals surface area (Å²) in [5.41, 5.74) is 7.31. The number of carbonyl (C=O) groups excluding carboxylic acids is 4. The van der Waals surface area contributed by atoms with Crippen LogP contribution in [0.15, 0.2) is 18.2 Å². The Bertz CT molecular complexity index is 910. The molecule has 0 bridgehead atoms. The summed E-state index contributed by atoms with van der Waals surface area (Å²) >= 11 is 0. The maximum absolute atomic E-state index is 13.8. The number of aryl methyl sites for hydroxylation is 2. The Hall–Kier alpha value is -3.10. The minimum atomic E-state index is -1.27. The third kappa shape index (κ3) is 10.3. The number of nitrogens with two attached hydrogens (primary N) is 1. The van der Waals surface area contributed by atoms with Crippen molar-refractivity contribution in [1.29, 1.82) is 0 Å². The van der Waals surface area contributed by atoms with Crippen LogP contribution in [0.5, 0.6) is 0 Å². The first-order valence-electron chi connectivity index (χ1n) is 12.7. The molecule has 1 aromatic rings.